The van der Waals surface area contributed by atoms with E-state index in [1.165, 1.54) is 0 Å². The molecule has 1 aliphatic rings. The second-order valence-corrected chi connectivity index (χ2v) is 5.85. The molecule has 0 bridgehead atoms. The van der Waals surface area contributed by atoms with Crippen LogP contribution >= 0.6 is 15.9 Å². The summed E-state index contributed by atoms with van der Waals surface area (Å²) in [6, 6.07) is -0.321. The van der Waals surface area contributed by atoms with Crippen molar-refractivity contribution in [3.63, 3.8) is 0 Å². The van der Waals surface area contributed by atoms with Gasteiger partial charge in [0, 0.05) is 6.54 Å². The van der Waals surface area contributed by atoms with Gasteiger partial charge < -0.3 is 4.74 Å². The molecule has 1 unspecified atom stereocenters. The SMILES string of the molecule is CC(C)(C)OC(=O)N1CCCCC1C(=O)CBr. The van der Waals surface area contributed by atoms with Gasteiger partial charge in [-0.1, -0.05) is 15.9 Å². The first-order chi connectivity index (χ1) is 7.85. The van der Waals surface area contributed by atoms with Crippen LogP contribution in [0.2, 0.25) is 0 Å². The van der Waals surface area contributed by atoms with Crippen LogP contribution in [0.25, 0.3) is 0 Å². The number of nitrogens with zero attached hydrogens (tertiary/aromatic N) is 1. The number of carbonyl (C=O) groups is 2. The molecule has 1 saturated heterocycles. The Morgan fingerprint density at radius 3 is 2.53 bits per heavy atom. The summed E-state index contributed by atoms with van der Waals surface area (Å²) < 4.78 is 5.32. The van der Waals surface area contributed by atoms with E-state index in [1.807, 2.05) is 20.8 Å². The van der Waals surface area contributed by atoms with Gasteiger partial charge in [-0.05, 0) is 40.0 Å². The number of amides is 1. The van der Waals surface area contributed by atoms with E-state index in [2.05, 4.69) is 15.9 Å². The summed E-state index contributed by atoms with van der Waals surface area (Å²) in [5, 5.41) is 0.289. The molecule has 1 aliphatic heterocycles. The van der Waals surface area contributed by atoms with Gasteiger partial charge >= 0.3 is 6.09 Å². The third-order valence-corrected chi connectivity index (χ3v) is 3.19. The Balaban J connectivity index is 2.71. The second-order valence-electron chi connectivity index (χ2n) is 5.29. The number of likely N-dealkylation sites (tertiary alicyclic amines) is 1. The molecule has 1 heterocycles. The fourth-order valence-corrected chi connectivity index (χ4v) is 2.27. The third-order valence-electron chi connectivity index (χ3n) is 2.63. The number of ether oxygens (including phenoxy) is 1. The molecule has 0 N–H and O–H groups in total. The third kappa shape index (κ3) is 4.30. The fourth-order valence-electron chi connectivity index (χ4n) is 1.89. The maximum atomic E-state index is 12.0. The van der Waals surface area contributed by atoms with Crippen LogP contribution in [0, 0.1) is 0 Å². The Kier molecular flexibility index (Phi) is 4.98. The zero-order valence-electron chi connectivity index (χ0n) is 10.7. The topological polar surface area (TPSA) is 46.6 Å². The van der Waals surface area contributed by atoms with Crippen molar-refractivity contribution in [3.05, 3.63) is 0 Å². The van der Waals surface area contributed by atoms with Crippen LogP contribution in [-0.4, -0.2) is 40.3 Å². The first-order valence-electron chi connectivity index (χ1n) is 5.93. The predicted octanol–water partition coefficient (Wildman–Crippen LogP) is 2.74. The molecule has 0 spiro atoms. The lowest BCUT2D eigenvalue weighted by Gasteiger charge is -2.35. The summed E-state index contributed by atoms with van der Waals surface area (Å²) in [7, 11) is 0. The Labute approximate surface area is 111 Å². The molecule has 1 amide bonds. The summed E-state index contributed by atoms with van der Waals surface area (Å²) in [6.45, 7) is 6.10. The van der Waals surface area contributed by atoms with E-state index in [9.17, 15) is 9.59 Å². The molecular weight excluding hydrogens is 286 g/mol. The number of piperidine rings is 1. The Bertz CT molecular complexity index is 299. The van der Waals surface area contributed by atoms with Crippen LogP contribution in [0.15, 0.2) is 0 Å². The average Bonchev–Trinajstić information content (AvgIpc) is 2.25. The van der Waals surface area contributed by atoms with Crippen molar-refractivity contribution in [1.29, 1.82) is 0 Å². The zero-order chi connectivity index (χ0) is 13.1. The molecule has 0 aliphatic carbocycles. The number of ketones is 1. The minimum absolute atomic E-state index is 0.0514. The van der Waals surface area contributed by atoms with Crippen molar-refractivity contribution in [1.82, 2.24) is 4.90 Å². The van der Waals surface area contributed by atoms with Crippen LogP contribution in [0.3, 0.4) is 0 Å². The van der Waals surface area contributed by atoms with Crippen molar-refractivity contribution in [2.24, 2.45) is 0 Å². The molecule has 0 radical (unpaired) electrons. The quantitative estimate of drug-likeness (QED) is 0.737. The number of halogens is 1. The average molecular weight is 306 g/mol. The molecule has 1 fully saturated rings. The molecule has 98 valence electrons. The van der Waals surface area contributed by atoms with Crippen molar-refractivity contribution in [2.75, 3.05) is 11.9 Å². The highest BCUT2D eigenvalue weighted by Gasteiger charge is 2.33. The zero-order valence-corrected chi connectivity index (χ0v) is 12.2. The van der Waals surface area contributed by atoms with E-state index in [4.69, 9.17) is 4.74 Å². The molecule has 5 heteroatoms. The number of Topliss-reactive ketones (excluding diaryl/α,β-unsaturated/α-hetero) is 1. The highest BCUT2D eigenvalue weighted by Crippen LogP contribution is 2.21. The number of hydrogen-bond donors (Lipinski definition) is 0. The van der Waals surface area contributed by atoms with Gasteiger partial charge in [-0.25, -0.2) is 4.79 Å². The van der Waals surface area contributed by atoms with Crippen LogP contribution < -0.4 is 0 Å². The predicted molar refractivity (Wildman–Crippen MR) is 69.4 cm³/mol. The van der Waals surface area contributed by atoms with Crippen molar-refractivity contribution >= 4 is 27.8 Å². The highest BCUT2D eigenvalue weighted by atomic mass is 79.9. The standard InChI is InChI=1S/C12H20BrNO3/c1-12(2,3)17-11(16)14-7-5-4-6-9(14)10(15)8-13/h9H,4-8H2,1-3H3. The molecule has 0 aromatic heterocycles. The first kappa shape index (κ1) is 14.5. The van der Waals surface area contributed by atoms with Gasteiger partial charge in [0.1, 0.15) is 5.60 Å². The minimum atomic E-state index is -0.517. The lowest BCUT2D eigenvalue weighted by atomic mass is 10.00. The molecule has 0 aromatic carbocycles. The second kappa shape index (κ2) is 5.85. The number of carbonyl (C=O) groups excluding carboxylic acids is 2. The molecular formula is C12H20BrNO3. The fraction of sp³-hybridized carbons (Fsp3) is 0.833. The molecule has 1 atom stereocenters. The van der Waals surface area contributed by atoms with Gasteiger partial charge in [0.25, 0.3) is 0 Å². The molecule has 1 rings (SSSR count). The summed E-state index contributed by atoms with van der Waals surface area (Å²) in [5.41, 5.74) is -0.517. The first-order valence-corrected chi connectivity index (χ1v) is 7.05. The van der Waals surface area contributed by atoms with E-state index < -0.39 is 5.60 Å². The molecule has 17 heavy (non-hydrogen) atoms. The minimum Gasteiger partial charge on any atom is -0.444 e. The van der Waals surface area contributed by atoms with Gasteiger partial charge in [0.2, 0.25) is 0 Å². The van der Waals surface area contributed by atoms with Gasteiger partial charge in [-0.2, -0.15) is 0 Å². The van der Waals surface area contributed by atoms with E-state index in [-0.39, 0.29) is 23.2 Å². The van der Waals surface area contributed by atoms with Gasteiger partial charge in [-0.15, -0.1) is 0 Å². The number of rotatable bonds is 2. The maximum absolute atomic E-state index is 12.0. The van der Waals surface area contributed by atoms with Crippen LogP contribution in [0.4, 0.5) is 4.79 Å². The van der Waals surface area contributed by atoms with Gasteiger partial charge in [0.05, 0.1) is 11.4 Å². The summed E-state index contributed by atoms with van der Waals surface area (Å²) in [5.74, 6) is 0.0514. The smallest absolute Gasteiger partial charge is 0.410 e. The Morgan fingerprint density at radius 1 is 1.35 bits per heavy atom. The van der Waals surface area contributed by atoms with Crippen LogP contribution in [-0.2, 0) is 9.53 Å². The number of alkyl halides is 1. The van der Waals surface area contributed by atoms with Gasteiger partial charge in [-0.3, -0.25) is 9.69 Å². The Hall–Kier alpha value is -0.580. The molecule has 0 aromatic rings. The van der Waals surface area contributed by atoms with Crippen molar-refractivity contribution in [2.45, 2.75) is 51.7 Å². The largest absolute Gasteiger partial charge is 0.444 e. The van der Waals surface area contributed by atoms with Gasteiger partial charge in [0.15, 0.2) is 5.78 Å². The Morgan fingerprint density at radius 2 is 2.00 bits per heavy atom. The van der Waals surface area contributed by atoms with E-state index >= 15 is 0 Å². The summed E-state index contributed by atoms with van der Waals surface area (Å²) in [6.07, 6.45) is 2.29. The maximum Gasteiger partial charge on any atom is 0.410 e. The summed E-state index contributed by atoms with van der Waals surface area (Å²) in [4.78, 5) is 25.3. The van der Waals surface area contributed by atoms with E-state index in [1.54, 1.807) is 4.90 Å². The molecule has 4 nitrogen and oxygen atoms in total. The summed E-state index contributed by atoms with van der Waals surface area (Å²) >= 11 is 3.16. The van der Waals surface area contributed by atoms with Crippen LogP contribution in [0.1, 0.15) is 40.0 Å². The normalized spacial score (nSPS) is 21.2. The monoisotopic (exact) mass is 305 g/mol. The number of hydrogen-bond acceptors (Lipinski definition) is 3. The highest BCUT2D eigenvalue weighted by molar-refractivity contribution is 9.09. The van der Waals surface area contributed by atoms with Crippen LogP contribution in [0.5, 0.6) is 0 Å². The van der Waals surface area contributed by atoms with E-state index in [0.717, 1.165) is 19.3 Å². The van der Waals surface area contributed by atoms with Crippen molar-refractivity contribution < 1.29 is 14.3 Å². The molecule has 0 saturated carbocycles. The van der Waals surface area contributed by atoms with E-state index in [0.29, 0.717) is 6.54 Å². The lowest BCUT2D eigenvalue weighted by molar-refractivity contribution is -0.122. The lowest BCUT2D eigenvalue weighted by Crippen LogP contribution is -2.50. The van der Waals surface area contributed by atoms with Crippen molar-refractivity contribution in [3.8, 4) is 0 Å².